The largest absolute Gasteiger partial charge is 0.395 e. The molecule has 2 unspecified atom stereocenters. The molecule has 186 valence electrons. The summed E-state index contributed by atoms with van der Waals surface area (Å²) in [6.45, 7) is 13.3. The van der Waals surface area contributed by atoms with Crippen molar-refractivity contribution < 1.29 is 10.2 Å². The molecule has 0 aromatic heterocycles. The van der Waals surface area contributed by atoms with Crippen LogP contribution in [0.5, 0.6) is 0 Å². The first kappa shape index (κ1) is 27.9. The fraction of sp³-hybridized carbons (Fsp3) is 0.767. The molecule has 0 radical (unpaired) electrons. The van der Waals surface area contributed by atoms with Gasteiger partial charge in [-0.1, -0.05) is 56.6 Å². The lowest BCUT2D eigenvalue weighted by atomic mass is 9.60. The predicted molar refractivity (Wildman–Crippen MR) is 139 cm³/mol. The summed E-state index contributed by atoms with van der Waals surface area (Å²) in [6.07, 6.45) is 20.4. The van der Waals surface area contributed by atoms with Crippen molar-refractivity contribution in [3.05, 3.63) is 35.5 Å². The molecule has 3 aliphatic rings. The number of hydrogen-bond acceptors (Lipinski definition) is 3. The summed E-state index contributed by atoms with van der Waals surface area (Å²) in [5.74, 6) is 2.41. The van der Waals surface area contributed by atoms with E-state index in [0.29, 0.717) is 5.41 Å². The lowest BCUT2D eigenvalue weighted by Gasteiger charge is -2.44. The Hall–Kier alpha value is -1.37. The number of rotatable bonds is 7. The molecule has 3 saturated carbocycles. The van der Waals surface area contributed by atoms with Crippen molar-refractivity contribution in [2.75, 3.05) is 6.61 Å². The Morgan fingerprint density at radius 3 is 2.52 bits per heavy atom. The third-order valence-corrected chi connectivity index (χ3v) is 8.52. The van der Waals surface area contributed by atoms with E-state index in [4.69, 9.17) is 10.4 Å². The molecule has 3 fully saturated rings. The number of allylic oxidation sites excluding steroid dienone is 5. The Kier molecular flexibility index (Phi) is 10.9. The number of hydrogen-bond donors (Lipinski definition) is 2. The van der Waals surface area contributed by atoms with E-state index in [1.165, 1.54) is 75.4 Å². The third-order valence-electron chi connectivity index (χ3n) is 8.52. The first-order valence-electron chi connectivity index (χ1n) is 13.4. The molecule has 0 spiro atoms. The Balaban J connectivity index is 0.000000696. The Morgan fingerprint density at radius 2 is 1.91 bits per heavy atom. The molecule has 0 aromatic carbocycles. The second-order valence-electron chi connectivity index (χ2n) is 11.7. The molecule has 0 aliphatic heterocycles. The van der Waals surface area contributed by atoms with Crippen LogP contribution in [-0.4, -0.2) is 22.4 Å². The van der Waals surface area contributed by atoms with E-state index in [9.17, 15) is 5.11 Å². The van der Waals surface area contributed by atoms with E-state index >= 15 is 0 Å². The molecule has 4 atom stereocenters. The van der Waals surface area contributed by atoms with Crippen molar-refractivity contribution in [1.82, 2.24) is 0 Å². The second-order valence-corrected chi connectivity index (χ2v) is 11.7. The molecule has 33 heavy (non-hydrogen) atoms. The van der Waals surface area contributed by atoms with E-state index in [1.54, 1.807) is 11.6 Å². The summed E-state index contributed by atoms with van der Waals surface area (Å²) in [6, 6.07) is 1.77. The minimum absolute atomic E-state index is 0.0174. The Labute approximate surface area is 203 Å². The predicted octanol–water partition coefficient (Wildman–Crippen LogP) is 7.66. The highest BCUT2D eigenvalue weighted by molar-refractivity contribution is 5.35. The number of aliphatic hydroxyl groups excluding tert-OH is 1. The molecular formula is C30H49NO2. The van der Waals surface area contributed by atoms with E-state index < -0.39 is 5.60 Å². The molecule has 2 N–H and O–H groups in total. The molecule has 3 rings (SSSR count). The van der Waals surface area contributed by atoms with Crippen molar-refractivity contribution in [3.8, 4) is 6.07 Å². The smallest absolute Gasteiger partial charge is 0.0645 e. The SMILES string of the molecule is C=C1CCCC/C1=C/C=C1\CCC[C@@]2(C)C1CCC2[C@H](C)CCCC(C)(C)O.N#CCCO. The third kappa shape index (κ3) is 8.11. The lowest BCUT2D eigenvalue weighted by Crippen LogP contribution is -2.36. The standard InChI is InChI=1S/C27H44O.C3H5NO/c1-20-10-6-7-12-22(20)14-15-23-13-9-19-27(5)24(16-17-25(23)27)21(2)11-8-18-26(3,4)28;4-2-1-3-5/h14-15,21,24-25,28H,1,6-13,16-19H2,2-5H3;5H,1,3H2/b22-14-,23-15+;/t21-,24?,25?,27-;/m1./s1. The van der Waals surface area contributed by atoms with Crippen LogP contribution in [0.3, 0.4) is 0 Å². The van der Waals surface area contributed by atoms with Gasteiger partial charge < -0.3 is 10.2 Å². The van der Waals surface area contributed by atoms with Crippen molar-refractivity contribution >= 4 is 0 Å². The Bertz CT molecular complexity index is 735. The molecule has 0 amide bonds. The van der Waals surface area contributed by atoms with Crippen LogP contribution in [0, 0.1) is 34.5 Å². The molecule has 0 heterocycles. The van der Waals surface area contributed by atoms with Crippen molar-refractivity contribution in [1.29, 1.82) is 5.26 Å². The van der Waals surface area contributed by atoms with Gasteiger partial charge in [0.1, 0.15) is 0 Å². The molecule has 3 nitrogen and oxygen atoms in total. The summed E-state index contributed by atoms with van der Waals surface area (Å²) in [5.41, 5.74) is 4.59. The van der Waals surface area contributed by atoms with Crippen LogP contribution in [0.4, 0.5) is 0 Å². The highest BCUT2D eigenvalue weighted by Crippen LogP contribution is 2.60. The highest BCUT2D eigenvalue weighted by atomic mass is 16.3. The zero-order valence-electron chi connectivity index (χ0n) is 21.8. The lowest BCUT2D eigenvalue weighted by molar-refractivity contribution is 0.0597. The van der Waals surface area contributed by atoms with Crippen LogP contribution >= 0.6 is 0 Å². The van der Waals surface area contributed by atoms with Crippen molar-refractivity contribution in [3.63, 3.8) is 0 Å². The van der Waals surface area contributed by atoms with Gasteiger partial charge in [-0.3, -0.25) is 0 Å². The van der Waals surface area contributed by atoms with E-state index in [0.717, 1.165) is 30.6 Å². The normalized spacial score (nSPS) is 31.0. The average Bonchev–Trinajstić information content (AvgIpc) is 3.11. The van der Waals surface area contributed by atoms with Gasteiger partial charge in [-0.25, -0.2) is 0 Å². The van der Waals surface area contributed by atoms with Crippen molar-refractivity contribution in [2.24, 2.45) is 23.2 Å². The van der Waals surface area contributed by atoms with E-state index in [2.05, 4.69) is 32.6 Å². The van der Waals surface area contributed by atoms with Gasteiger partial charge in [0.05, 0.1) is 24.7 Å². The molecular weight excluding hydrogens is 406 g/mol. The van der Waals surface area contributed by atoms with Gasteiger partial charge in [0.15, 0.2) is 0 Å². The molecule has 3 heteroatoms. The van der Waals surface area contributed by atoms with Crippen LogP contribution in [0.2, 0.25) is 0 Å². The maximum atomic E-state index is 10.0. The number of nitriles is 1. The fourth-order valence-corrected chi connectivity index (χ4v) is 6.72. The first-order chi connectivity index (χ1) is 15.6. The number of nitrogens with zero attached hydrogens (tertiary/aromatic N) is 1. The van der Waals surface area contributed by atoms with Crippen LogP contribution in [0.25, 0.3) is 0 Å². The zero-order chi connectivity index (χ0) is 24.5. The topological polar surface area (TPSA) is 64.2 Å². The summed E-state index contributed by atoms with van der Waals surface area (Å²) in [4.78, 5) is 0. The number of fused-ring (bicyclic) bond motifs is 1. The minimum Gasteiger partial charge on any atom is -0.395 e. The van der Waals surface area contributed by atoms with Crippen LogP contribution < -0.4 is 0 Å². The first-order valence-corrected chi connectivity index (χ1v) is 13.4. The molecule has 0 aromatic rings. The fourth-order valence-electron chi connectivity index (χ4n) is 6.72. The Morgan fingerprint density at radius 1 is 1.18 bits per heavy atom. The second kappa shape index (κ2) is 12.9. The maximum Gasteiger partial charge on any atom is 0.0645 e. The highest BCUT2D eigenvalue weighted by Gasteiger charge is 2.50. The van der Waals surface area contributed by atoms with Gasteiger partial charge in [0, 0.05) is 0 Å². The summed E-state index contributed by atoms with van der Waals surface area (Å²) in [7, 11) is 0. The van der Waals surface area contributed by atoms with Crippen LogP contribution in [0.1, 0.15) is 111 Å². The van der Waals surface area contributed by atoms with Gasteiger partial charge >= 0.3 is 0 Å². The van der Waals surface area contributed by atoms with Gasteiger partial charge in [0.2, 0.25) is 0 Å². The summed E-state index contributed by atoms with van der Waals surface area (Å²) >= 11 is 0. The molecule has 3 aliphatic carbocycles. The van der Waals surface area contributed by atoms with Gasteiger partial charge in [-0.05, 0) is 107 Å². The van der Waals surface area contributed by atoms with Gasteiger partial charge in [0.25, 0.3) is 0 Å². The van der Waals surface area contributed by atoms with E-state index in [-0.39, 0.29) is 13.0 Å². The van der Waals surface area contributed by atoms with Gasteiger partial charge in [-0.15, -0.1) is 0 Å². The van der Waals surface area contributed by atoms with Gasteiger partial charge in [-0.2, -0.15) is 5.26 Å². The van der Waals surface area contributed by atoms with E-state index in [1.807, 2.05) is 13.8 Å². The average molecular weight is 456 g/mol. The zero-order valence-corrected chi connectivity index (χ0v) is 21.8. The van der Waals surface area contributed by atoms with Crippen molar-refractivity contribution in [2.45, 2.75) is 117 Å². The molecule has 0 saturated heterocycles. The van der Waals surface area contributed by atoms with Crippen LogP contribution in [-0.2, 0) is 0 Å². The maximum absolute atomic E-state index is 10.0. The number of aliphatic hydroxyl groups is 2. The summed E-state index contributed by atoms with van der Waals surface area (Å²) < 4.78 is 0. The summed E-state index contributed by atoms with van der Waals surface area (Å²) in [5, 5.41) is 25.5. The van der Waals surface area contributed by atoms with Crippen LogP contribution in [0.15, 0.2) is 35.5 Å². The minimum atomic E-state index is -0.515. The molecule has 0 bridgehead atoms. The quantitative estimate of drug-likeness (QED) is 0.414. The monoisotopic (exact) mass is 455 g/mol.